The fourth-order valence-electron chi connectivity index (χ4n) is 1.85. The Hall–Kier alpha value is -1.87. The minimum absolute atomic E-state index is 0.107. The van der Waals surface area contributed by atoms with E-state index >= 15 is 0 Å². The van der Waals surface area contributed by atoms with E-state index in [-0.39, 0.29) is 11.9 Å². The number of para-hydroxylation sites is 1. The monoisotopic (exact) mass is 259 g/mol. The maximum atomic E-state index is 13.1. The van der Waals surface area contributed by atoms with E-state index < -0.39 is 0 Å². The van der Waals surface area contributed by atoms with Crippen LogP contribution in [0.15, 0.2) is 54.6 Å². The average Bonchev–Trinajstić information content (AvgIpc) is 2.44. The van der Waals surface area contributed by atoms with E-state index in [2.05, 4.69) is 5.32 Å². The first kappa shape index (κ1) is 13.6. The summed E-state index contributed by atoms with van der Waals surface area (Å²) < 4.78 is 18.7. The maximum Gasteiger partial charge on any atom is 0.123 e. The first-order valence-corrected chi connectivity index (χ1v) is 6.42. The third-order valence-corrected chi connectivity index (χ3v) is 2.91. The molecule has 0 unspecified atom stereocenters. The molecule has 0 aliphatic heterocycles. The molecule has 2 rings (SSSR count). The van der Waals surface area contributed by atoms with Crippen molar-refractivity contribution in [2.24, 2.45) is 0 Å². The van der Waals surface area contributed by atoms with E-state index in [0.29, 0.717) is 13.2 Å². The van der Waals surface area contributed by atoms with Crippen LogP contribution in [0.3, 0.4) is 0 Å². The molecule has 0 aliphatic rings. The van der Waals surface area contributed by atoms with Crippen molar-refractivity contribution in [2.45, 2.75) is 13.0 Å². The van der Waals surface area contributed by atoms with Crippen molar-refractivity contribution in [1.82, 2.24) is 5.32 Å². The Morgan fingerprint density at radius 1 is 1.11 bits per heavy atom. The van der Waals surface area contributed by atoms with Gasteiger partial charge in [-0.2, -0.15) is 0 Å². The van der Waals surface area contributed by atoms with Crippen LogP contribution in [0.4, 0.5) is 4.39 Å². The fraction of sp³-hybridized carbons (Fsp3) is 0.250. The minimum Gasteiger partial charge on any atom is -0.492 e. The quantitative estimate of drug-likeness (QED) is 0.801. The van der Waals surface area contributed by atoms with Crippen molar-refractivity contribution < 1.29 is 9.13 Å². The predicted octanol–water partition coefficient (Wildman–Crippen LogP) is 3.56. The van der Waals surface area contributed by atoms with Gasteiger partial charge in [0.1, 0.15) is 18.2 Å². The smallest absolute Gasteiger partial charge is 0.123 e. The summed E-state index contributed by atoms with van der Waals surface area (Å²) in [5, 5.41) is 3.30. The largest absolute Gasteiger partial charge is 0.492 e. The van der Waals surface area contributed by atoms with Crippen LogP contribution in [-0.2, 0) is 0 Å². The zero-order chi connectivity index (χ0) is 13.5. The highest BCUT2D eigenvalue weighted by atomic mass is 19.1. The Morgan fingerprint density at radius 2 is 1.89 bits per heavy atom. The molecule has 1 N–H and O–H groups in total. The van der Waals surface area contributed by atoms with Gasteiger partial charge in [-0.25, -0.2) is 4.39 Å². The zero-order valence-electron chi connectivity index (χ0n) is 11.0. The van der Waals surface area contributed by atoms with Crippen molar-refractivity contribution >= 4 is 0 Å². The molecule has 0 saturated carbocycles. The van der Waals surface area contributed by atoms with Gasteiger partial charge in [0.2, 0.25) is 0 Å². The van der Waals surface area contributed by atoms with Gasteiger partial charge in [0, 0.05) is 12.6 Å². The van der Waals surface area contributed by atoms with Crippen molar-refractivity contribution in [3.8, 4) is 5.75 Å². The number of hydrogen-bond acceptors (Lipinski definition) is 2. The summed E-state index contributed by atoms with van der Waals surface area (Å²) in [7, 11) is 0. The van der Waals surface area contributed by atoms with Crippen molar-refractivity contribution in [2.75, 3.05) is 13.2 Å². The minimum atomic E-state index is -0.202. The van der Waals surface area contributed by atoms with Crippen LogP contribution in [0.25, 0.3) is 0 Å². The van der Waals surface area contributed by atoms with Crippen LogP contribution in [-0.4, -0.2) is 13.2 Å². The molecule has 0 amide bonds. The second-order valence-electron chi connectivity index (χ2n) is 4.39. The molecule has 0 fully saturated rings. The van der Waals surface area contributed by atoms with Crippen molar-refractivity contribution in [3.05, 3.63) is 66.0 Å². The van der Waals surface area contributed by atoms with Crippen molar-refractivity contribution in [3.63, 3.8) is 0 Å². The third kappa shape index (κ3) is 4.38. The van der Waals surface area contributed by atoms with Gasteiger partial charge < -0.3 is 10.1 Å². The Kier molecular flexibility index (Phi) is 4.93. The number of ether oxygens (including phenoxy) is 1. The Balaban J connectivity index is 1.74. The molecule has 3 heteroatoms. The van der Waals surface area contributed by atoms with Gasteiger partial charge in [0.25, 0.3) is 0 Å². The van der Waals surface area contributed by atoms with Crippen LogP contribution in [0.5, 0.6) is 5.75 Å². The lowest BCUT2D eigenvalue weighted by Gasteiger charge is -2.14. The van der Waals surface area contributed by atoms with Crippen LogP contribution in [0, 0.1) is 5.82 Å². The molecule has 2 aromatic carbocycles. The lowest BCUT2D eigenvalue weighted by atomic mass is 10.1. The molecule has 0 aliphatic carbocycles. The number of halogens is 1. The molecule has 0 radical (unpaired) electrons. The normalized spacial score (nSPS) is 12.1. The third-order valence-electron chi connectivity index (χ3n) is 2.91. The van der Waals surface area contributed by atoms with Crippen molar-refractivity contribution in [1.29, 1.82) is 0 Å². The van der Waals surface area contributed by atoms with Crippen LogP contribution >= 0.6 is 0 Å². The molecular formula is C16H18FNO. The number of nitrogens with one attached hydrogen (secondary N) is 1. The Morgan fingerprint density at radius 3 is 2.63 bits per heavy atom. The van der Waals surface area contributed by atoms with Gasteiger partial charge in [0.15, 0.2) is 0 Å². The van der Waals surface area contributed by atoms with Crippen LogP contribution in [0.1, 0.15) is 18.5 Å². The number of rotatable bonds is 6. The Bertz CT molecular complexity index is 501. The first-order chi connectivity index (χ1) is 9.25. The number of hydrogen-bond donors (Lipinski definition) is 1. The molecule has 0 heterocycles. The Labute approximate surface area is 113 Å². The van der Waals surface area contributed by atoms with Gasteiger partial charge >= 0.3 is 0 Å². The highest BCUT2D eigenvalue weighted by Gasteiger charge is 2.05. The molecule has 1 atom stereocenters. The molecular weight excluding hydrogens is 241 g/mol. The van der Waals surface area contributed by atoms with Crippen LogP contribution < -0.4 is 10.1 Å². The number of benzene rings is 2. The summed E-state index contributed by atoms with van der Waals surface area (Å²) in [6.07, 6.45) is 0. The molecule has 100 valence electrons. The van der Waals surface area contributed by atoms with Gasteiger partial charge in [0.05, 0.1) is 0 Å². The molecule has 0 bridgehead atoms. The summed E-state index contributed by atoms with van der Waals surface area (Å²) in [5.41, 5.74) is 0.944. The molecule has 2 aromatic rings. The van der Waals surface area contributed by atoms with Gasteiger partial charge in [-0.3, -0.25) is 0 Å². The molecule has 19 heavy (non-hydrogen) atoms. The predicted molar refractivity (Wildman–Crippen MR) is 74.8 cm³/mol. The van der Waals surface area contributed by atoms with E-state index in [0.717, 1.165) is 11.3 Å². The lowest BCUT2D eigenvalue weighted by Crippen LogP contribution is -2.24. The topological polar surface area (TPSA) is 21.3 Å². The maximum absolute atomic E-state index is 13.1. The van der Waals surface area contributed by atoms with E-state index in [1.807, 2.05) is 43.3 Å². The second kappa shape index (κ2) is 6.90. The van der Waals surface area contributed by atoms with Gasteiger partial charge in [-0.05, 0) is 36.8 Å². The zero-order valence-corrected chi connectivity index (χ0v) is 11.0. The second-order valence-corrected chi connectivity index (χ2v) is 4.39. The fourth-order valence-corrected chi connectivity index (χ4v) is 1.85. The SMILES string of the molecule is C[C@H](NCCOc1ccccc1)c1cccc(F)c1. The summed E-state index contributed by atoms with van der Waals surface area (Å²) in [5.74, 6) is 0.661. The summed E-state index contributed by atoms with van der Waals surface area (Å²) in [4.78, 5) is 0. The molecule has 0 aromatic heterocycles. The summed E-state index contributed by atoms with van der Waals surface area (Å²) in [6, 6.07) is 16.4. The molecule has 0 saturated heterocycles. The highest BCUT2D eigenvalue weighted by molar-refractivity contribution is 5.21. The van der Waals surface area contributed by atoms with E-state index in [9.17, 15) is 4.39 Å². The molecule has 0 spiro atoms. The van der Waals surface area contributed by atoms with Crippen LogP contribution in [0.2, 0.25) is 0 Å². The standard InChI is InChI=1S/C16H18FNO/c1-13(14-6-5-7-15(17)12-14)18-10-11-19-16-8-3-2-4-9-16/h2-9,12-13,18H,10-11H2,1H3/t13-/m0/s1. The average molecular weight is 259 g/mol. The molecule has 2 nitrogen and oxygen atoms in total. The van der Waals surface area contributed by atoms with E-state index in [1.54, 1.807) is 12.1 Å². The van der Waals surface area contributed by atoms with E-state index in [1.165, 1.54) is 6.07 Å². The summed E-state index contributed by atoms with van der Waals surface area (Å²) in [6.45, 7) is 3.31. The van der Waals surface area contributed by atoms with E-state index in [4.69, 9.17) is 4.74 Å². The highest BCUT2D eigenvalue weighted by Crippen LogP contribution is 2.13. The van der Waals surface area contributed by atoms with Gasteiger partial charge in [-0.1, -0.05) is 30.3 Å². The van der Waals surface area contributed by atoms with Gasteiger partial charge in [-0.15, -0.1) is 0 Å². The first-order valence-electron chi connectivity index (χ1n) is 6.42. The summed E-state index contributed by atoms with van der Waals surface area (Å²) >= 11 is 0. The lowest BCUT2D eigenvalue weighted by molar-refractivity contribution is 0.307.